The number of hydrogen-bond acceptors (Lipinski definition) is 6. The predicted octanol–water partition coefficient (Wildman–Crippen LogP) is 2.32. The summed E-state index contributed by atoms with van der Waals surface area (Å²) in [6, 6.07) is 7.50. The maximum Gasteiger partial charge on any atom is 0.107 e. The molecule has 0 atom stereocenters. The third kappa shape index (κ3) is 5.01. The summed E-state index contributed by atoms with van der Waals surface area (Å²) < 4.78 is 4.61. The largest absolute Gasteiger partial charge is 0.240 e. The molecule has 0 aliphatic carbocycles. The van der Waals surface area contributed by atoms with Crippen molar-refractivity contribution >= 4 is 17.7 Å². The van der Waals surface area contributed by atoms with Gasteiger partial charge in [-0.15, -0.1) is 9.32 Å². The lowest BCUT2D eigenvalue weighted by Crippen LogP contribution is -1.99. The fourth-order valence-electron chi connectivity index (χ4n) is 0.951. The topological polar surface area (TPSA) is 49.0 Å². The van der Waals surface area contributed by atoms with E-state index in [0.717, 1.165) is 23.3 Å². The Hall–Kier alpha value is -0.790. The van der Waals surface area contributed by atoms with Gasteiger partial charge >= 0.3 is 0 Å². The van der Waals surface area contributed by atoms with E-state index in [2.05, 4.69) is 19.7 Å². The van der Waals surface area contributed by atoms with Gasteiger partial charge in [0.1, 0.15) is 6.61 Å². The van der Waals surface area contributed by atoms with Crippen molar-refractivity contribution in [2.75, 3.05) is 18.8 Å². The molecule has 0 saturated heterocycles. The standard InChI is InChI=1S/C9H13NO4S/c1-11-12-7-8-4-3-5-9(6-8)10-13-14-15-2/h3-6,10H,7H2,1-2H3. The van der Waals surface area contributed by atoms with E-state index < -0.39 is 0 Å². The Kier molecular flexibility index (Phi) is 6.14. The van der Waals surface area contributed by atoms with Gasteiger partial charge in [-0.2, -0.15) is 0 Å². The van der Waals surface area contributed by atoms with Gasteiger partial charge in [-0.25, -0.2) is 15.3 Å². The first-order valence-corrected chi connectivity index (χ1v) is 5.38. The van der Waals surface area contributed by atoms with Crippen molar-refractivity contribution in [3.8, 4) is 0 Å². The van der Waals surface area contributed by atoms with Crippen LogP contribution in [0, 0.1) is 0 Å². The lowest BCUT2D eigenvalue weighted by molar-refractivity contribution is -0.282. The molecule has 0 saturated carbocycles. The summed E-state index contributed by atoms with van der Waals surface area (Å²) >= 11 is 1.11. The van der Waals surface area contributed by atoms with Crippen molar-refractivity contribution in [1.82, 2.24) is 0 Å². The molecule has 1 aromatic carbocycles. The lowest BCUT2D eigenvalue weighted by Gasteiger charge is -2.05. The molecule has 0 bridgehead atoms. The zero-order chi connectivity index (χ0) is 10.9. The van der Waals surface area contributed by atoms with E-state index in [-0.39, 0.29) is 0 Å². The predicted molar refractivity (Wildman–Crippen MR) is 57.5 cm³/mol. The van der Waals surface area contributed by atoms with Gasteiger partial charge in [-0.3, -0.25) is 0 Å². The second-order valence-electron chi connectivity index (χ2n) is 2.55. The quantitative estimate of drug-likeness (QED) is 0.336. The van der Waals surface area contributed by atoms with Crippen LogP contribution < -0.4 is 5.48 Å². The Morgan fingerprint density at radius 2 is 2.27 bits per heavy atom. The van der Waals surface area contributed by atoms with Crippen LogP contribution >= 0.6 is 12.0 Å². The molecule has 0 heterocycles. The molecule has 0 aliphatic rings. The third-order valence-electron chi connectivity index (χ3n) is 1.53. The Balaban J connectivity index is 2.42. The van der Waals surface area contributed by atoms with Gasteiger partial charge in [0.25, 0.3) is 0 Å². The minimum atomic E-state index is 0.384. The molecule has 0 aromatic heterocycles. The van der Waals surface area contributed by atoms with E-state index >= 15 is 0 Å². The van der Waals surface area contributed by atoms with Gasteiger partial charge in [0.05, 0.1) is 12.8 Å². The second kappa shape index (κ2) is 7.49. The maximum absolute atomic E-state index is 4.80. The zero-order valence-electron chi connectivity index (χ0n) is 8.56. The minimum Gasteiger partial charge on any atom is -0.240 e. The first-order chi connectivity index (χ1) is 7.36. The Morgan fingerprint density at radius 1 is 1.40 bits per heavy atom. The van der Waals surface area contributed by atoms with Crippen LogP contribution in [0.15, 0.2) is 24.3 Å². The fourth-order valence-corrected chi connectivity index (χ4v) is 1.05. The molecule has 1 rings (SSSR count). The summed E-state index contributed by atoms with van der Waals surface area (Å²) in [6.45, 7) is 0.384. The molecular weight excluding hydrogens is 218 g/mol. The molecule has 1 N–H and O–H groups in total. The molecule has 0 radical (unpaired) electrons. The molecule has 0 fully saturated rings. The highest BCUT2D eigenvalue weighted by atomic mass is 32.2. The SMILES string of the molecule is COOCc1cccc(NOOSC)c1. The summed E-state index contributed by atoms with van der Waals surface area (Å²) in [6.07, 6.45) is 1.75. The van der Waals surface area contributed by atoms with Crippen LogP contribution in [0.3, 0.4) is 0 Å². The van der Waals surface area contributed by atoms with Crippen LogP contribution in [0.25, 0.3) is 0 Å². The summed E-state index contributed by atoms with van der Waals surface area (Å²) in [7, 11) is 1.47. The van der Waals surface area contributed by atoms with Gasteiger partial charge in [-0.05, 0) is 17.7 Å². The molecule has 15 heavy (non-hydrogen) atoms. The lowest BCUT2D eigenvalue weighted by atomic mass is 10.2. The number of benzene rings is 1. The van der Waals surface area contributed by atoms with Crippen molar-refractivity contribution in [1.29, 1.82) is 0 Å². The van der Waals surface area contributed by atoms with Crippen LogP contribution in [0.5, 0.6) is 0 Å². The van der Waals surface area contributed by atoms with Crippen LogP contribution in [-0.2, 0) is 25.7 Å². The van der Waals surface area contributed by atoms with Crippen molar-refractivity contribution in [3.63, 3.8) is 0 Å². The maximum atomic E-state index is 4.80. The summed E-state index contributed by atoms with van der Waals surface area (Å²) in [5.74, 6) is 0. The van der Waals surface area contributed by atoms with Crippen molar-refractivity contribution in [3.05, 3.63) is 29.8 Å². The van der Waals surface area contributed by atoms with Gasteiger partial charge in [0.15, 0.2) is 0 Å². The van der Waals surface area contributed by atoms with E-state index in [4.69, 9.17) is 4.89 Å². The Morgan fingerprint density at radius 3 is 3.00 bits per heavy atom. The van der Waals surface area contributed by atoms with E-state index in [1.165, 1.54) is 7.11 Å². The van der Waals surface area contributed by atoms with Crippen molar-refractivity contribution in [2.45, 2.75) is 6.61 Å². The van der Waals surface area contributed by atoms with Gasteiger partial charge in [-0.1, -0.05) is 12.1 Å². The van der Waals surface area contributed by atoms with Gasteiger partial charge in [0.2, 0.25) is 0 Å². The highest BCUT2D eigenvalue weighted by Gasteiger charge is 1.96. The second-order valence-corrected chi connectivity index (χ2v) is 3.02. The average molecular weight is 231 g/mol. The molecule has 0 amide bonds. The summed E-state index contributed by atoms with van der Waals surface area (Å²) in [5, 5.41) is 0. The normalized spacial score (nSPS) is 10.3. The summed E-state index contributed by atoms with van der Waals surface area (Å²) in [5.41, 5.74) is 4.37. The highest BCUT2D eigenvalue weighted by molar-refractivity contribution is 7.93. The molecule has 84 valence electrons. The van der Waals surface area contributed by atoms with Crippen LogP contribution in [0.2, 0.25) is 0 Å². The van der Waals surface area contributed by atoms with E-state index in [9.17, 15) is 0 Å². The van der Waals surface area contributed by atoms with Crippen LogP contribution in [-0.4, -0.2) is 13.4 Å². The number of nitrogens with one attached hydrogen (secondary N) is 1. The zero-order valence-corrected chi connectivity index (χ0v) is 9.37. The average Bonchev–Trinajstić information content (AvgIpc) is 2.27. The number of hydrogen-bond donors (Lipinski definition) is 1. The van der Waals surface area contributed by atoms with Crippen LogP contribution in [0.1, 0.15) is 5.56 Å². The summed E-state index contributed by atoms with van der Waals surface area (Å²) in [4.78, 5) is 14.0. The highest BCUT2D eigenvalue weighted by Crippen LogP contribution is 2.12. The van der Waals surface area contributed by atoms with E-state index in [1.807, 2.05) is 24.3 Å². The van der Waals surface area contributed by atoms with E-state index in [1.54, 1.807) is 6.26 Å². The number of anilines is 1. The Bertz CT molecular complexity index is 285. The third-order valence-corrected chi connectivity index (χ3v) is 1.74. The molecule has 6 heteroatoms. The monoisotopic (exact) mass is 231 g/mol. The Labute approximate surface area is 92.7 Å². The molecule has 5 nitrogen and oxygen atoms in total. The molecular formula is C9H13NO4S. The molecule has 0 spiro atoms. The first kappa shape index (κ1) is 12.3. The van der Waals surface area contributed by atoms with Crippen molar-refractivity contribution < 1.29 is 19.1 Å². The van der Waals surface area contributed by atoms with Crippen LogP contribution in [0.4, 0.5) is 5.69 Å². The van der Waals surface area contributed by atoms with Crippen molar-refractivity contribution in [2.24, 2.45) is 0 Å². The number of rotatable bonds is 7. The van der Waals surface area contributed by atoms with E-state index in [0.29, 0.717) is 6.61 Å². The molecule has 0 aliphatic heterocycles. The first-order valence-electron chi connectivity index (χ1n) is 4.23. The van der Waals surface area contributed by atoms with Gasteiger partial charge in [0, 0.05) is 18.3 Å². The molecule has 0 unspecified atom stereocenters. The minimum absolute atomic E-state index is 0.384. The fraction of sp³-hybridized carbons (Fsp3) is 0.333. The smallest absolute Gasteiger partial charge is 0.107 e. The molecule has 1 aromatic rings. The van der Waals surface area contributed by atoms with Gasteiger partial charge < -0.3 is 0 Å².